The van der Waals surface area contributed by atoms with Gasteiger partial charge in [0.25, 0.3) is 10.1 Å². The molecule has 118 valence electrons. The lowest BCUT2D eigenvalue weighted by Crippen LogP contribution is -2.21. The van der Waals surface area contributed by atoms with E-state index in [4.69, 9.17) is 5.73 Å². The van der Waals surface area contributed by atoms with E-state index in [2.05, 4.69) is 0 Å². The first-order valence-corrected chi connectivity index (χ1v) is 8.79. The molecule has 0 saturated heterocycles. The van der Waals surface area contributed by atoms with E-state index in [9.17, 15) is 17.8 Å². The third-order valence-corrected chi connectivity index (χ3v) is 5.91. The number of hydrogen-bond acceptors (Lipinski definition) is 4. The number of benzene rings is 2. The molecule has 22 heavy (non-hydrogen) atoms. The van der Waals surface area contributed by atoms with Crippen molar-refractivity contribution in [3.8, 4) is 0 Å². The highest BCUT2D eigenvalue weighted by molar-refractivity contribution is 14.1. The molecule has 2 aromatic rings. The maximum absolute atomic E-state index is 11.6. The van der Waals surface area contributed by atoms with Crippen LogP contribution in [0.3, 0.4) is 0 Å². The average Bonchev–Trinajstić information content (AvgIpc) is 2.43. The summed E-state index contributed by atoms with van der Waals surface area (Å²) in [5, 5.41) is 0.958. The summed E-state index contributed by atoms with van der Waals surface area (Å²) in [7, 11) is -4.45. The Morgan fingerprint density at radius 2 is 1.91 bits per heavy atom. The summed E-state index contributed by atoms with van der Waals surface area (Å²) in [6.45, 7) is 3.29. The van der Waals surface area contributed by atoms with Gasteiger partial charge in [-0.2, -0.15) is 8.42 Å². The number of carbonyl (C=O) groups excluding carboxylic acids is 1. The normalized spacial score (nSPS) is 13.1. The zero-order chi connectivity index (χ0) is 16.7. The van der Waals surface area contributed by atoms with Gasteiger partial charge >= 0.3 is 0 Å². The molecule has 0 spiro atoms. The number of fused-ring (bicyclic) bond motifs is 1. The van der Waals surface area contributed by atoms with E-state index >= 15 is 0 Å². The highest BCUT2D eigenvalue weighted by atomic mass is 127. The summed E-state index contributed by atoms with van der Waals surface area (Å²) in [4.78, 5) is 11.2. The van der Waals surface area contributed by atoms with E-state index in [0.29, 0.717) is 10.8 Å². The summed E-state index contributed by atoms with van der Waals surface area (Å²) in [5.74, 6) is -0.115. The maximum Gasteiger partial charge on any atom is 0.297 e. The molecule has 6 nitrogen and oxygen atoms in total. The Hall–Kier alpha value is -1.39. The van der Waals surface area contributed by atoms with E-state index in [0.717, 1.165) is 5.56 Å². The molecule has 1 unspecified atom stereocenters. The molecule has 1 atom stereocenters. The van der Waals surface area contributed by atoms with Crippen LogP contribution in [0.5, 0.6) is 0 Å². The molecular formula is C14H15IN2O4S. The SMILES string of the molecule is CC(=O)N(I)C(C)c1cccc2c(S(=O)(=O)O)c(N)ccc12. The van der Waals surface area contributed by atoms with E-state index in [1.54, 1.807) is 18.2 Å². The second kappa shape index (κ2) is 6.01. The van der Waals surface area contributed by atoms with Gasteiger partial charge < -0.3 is 5.73 Å². The van der Waals surface area contributed by atoms with Crippen molar-refractivity contribution in [2.75, 3.05) is 5.73 Å². The second-order valence-corrected chi connectivity index (χ2v) is 7.31. The van der Waals surface area contributed by atoms with Crippen LogP contribution in [0.25, 0.3) is 10.8 Å². The summed E-state index contributed by atoms with van der Waals surface area (Å²) in [6.07, 6.45) is 0. The Bertz CT molecular complexity index is 851. The first-order chi connectivity index (χ1) is 10.1. The fraction of sp³-hybridized carbons (Fsp3) is 0.214. The molecule has 0 heterocycles. The number of amides is 1. The Morgan fingerprint density at radius 3 is 2.45 bits per heavy atom. The molecule has 3 N–H and O–H groups in total. The smallest absolute Gasteiger partial charge is 0.297 e. The lowest BCUT2D eigenvalue weighted by Gasteiger charge is -2.23. The molecule has 2 aromatic carbocycles. The van der Waals surface area contributed by atoms with Crippen molar-refractivity contribution in [1.82, 2.24) is 3.11 Å². The fourth-order valence-corrected chi connectivity index (χ4v) is 3.54. The summed E-state index contributed by atoms with van der Waals surface area (Å²) in [5.41, 5.74) is 6.46. The molecule has 2 rings (SSSR count). The lowest BCUT2D eigenvalue weighted by molar-refractivity contribution is -0.124. The van der Waals surface area contributed by atoms with Crippen LogP contribution in [0.1, 0.15) is 25.5 Å². The van der Waals surface area contributed by atoms with Gasteiger partial charge in [-0.05, 0) is 23.9 Å². The maximum atomic E-state index is 11.6. The third-order valence-electron chi connectivity index (χ3n) is 3.43. The number of rotatable bonds is 3. The number of nitrogen functional groups attached to an aromatic ring is 1. The standard InChI is InChI=1S/C14H15IN2O4S/c1-8(17(15)9(2)18)10-4-3-5-12-11(10)6-7-13(16)14(12)22(19,20)21/h3-8H,16H2,1-2H3,(H,19,20,21). The van der Waals surface area contributed by atoms with Gasteiger partial charge in [-0.3, -0.25) is 12.5 Å². The Labute approximate surface area is 142 Å². The van der Waals surface area contributed by atoms with Crippen LogP contribution in [-0.4, -0.2) is 22.0 Å². The van der Waals surface area contributed by atoms with Gasteiger partial charge in [0.05, 0.1) is 34.6 Å². The first-order valence-electron chi connectivity index (χ1n) is 6.38. The van der Waals surface area contributed by atoms with Crippen LogP contribution in [-0.2, 0) is 14.9 Å². The van der Waals surface area contributed by atoms with Crippen molar-refractivity contribution in [3.05, 3.63) is 35.9 Å². The van der Waals surface area contributed by atoms with Gasteiger partial charge in [-0.1, -0.05) is 24.3 Å². The van der Waals surface area contributed by atoms with Gasteiger partial charge in [0.15, 0.2) is 0 Å². The molecule has 0 aliphatic rings. The molecule has 0 bridgehead atoms. The molecule has 0 aliphatic carbocycles. The van der Waals surface area contributed by atoms with Crippen molar-refractivity contribution in [2.45, 2.75) is 24.8 Å². The highest BCUT2D eigenvalue weighted by Crippen LogP contribution is 2.35. The number of halogens is 1. The van der Waals surface area contributed by atoms with E-state index in [-0.39, 0.29) is 22.5 Å². The first kappa shape index (κ1) is 17.0. The Balaban J connectivity index is 2.78. The van der Waals surface area contributed by atoms with Crippen LogP contribution >= 0.6 is 22.9 Å². The summed E-state index contributed by atoms with van der Waals surface area (Å²) in [6, 6.07) is 7.93. The minimum atomic E-state index is -4.45. The van der Waals surface area contributed by atoms with E-state index in [1.807, 2.05) is 35.9 Å². The van der Waals surface area contributed by atoms with E-state index < -0.39 is 10.1 Å². The Kier molecular flexibility index (Phi) is 4.64. The minimum Gasteiger partial charge on any atom is -0.398 e. The van der Waals surface area contributed by atoms with Crippen LogP contribution in [0.15, 0.2) is 35.2 Å². The zero-order valence-corrected chi connectivity index (χ0v) is 14.9. The molecule has 0 radical (unpaired) electrons. The van der Waals surface area contributed by atoms with Gasteiger partial charge in [0.1, 0.15) is 4.90 Å². The predicted octanol–water partition coefficient (Wildman–Crippen LogP) is 2.93. The lowest BCUT2D eigenvalue weighted by atomic mass is 9.99. The minimum absolute atomic E-state index is 0.0160. The quantitative estimate of drug-likeness (QED) is 0.335. The molecule has 1 amide bonds. The number of anilines is 1. The fourth-order valence-electron chi connectivity index (χ4n) is 2.42. The Morgan fingerprint density at radius 1 is 1.27 bits per heavy atom. The molecule has 0 aromatic heterocycles. The second-order valence-electron chi connectivity index (χ2n) is 4.91. The number of nitrogens with zero attached hydrogens (tertiary/aromatic N) is 1. The zero-order valence-electron chi connectivity index (χ0n) is 11.9. The van der Waals surface area contributed by atoms with Crippen LogP contribution < -0.4 is 5.73 Å². The summed E-state index contributed by atoms with van der Waals surface area (Å²) >= 11 is 1.92. The number of carbonyl (C=O) groups is 1. The highest BCUT2D eigenvalue weighted by Gasteiger charge is 2.22. The largest absolute Gasteiger partial charge is 0.398 e. The number of nitrogens with two attached hydrogens (primary N) is 1. The van der Waals surface area contributed by atoms with Crippen molar-refractivity contribution in [3.63, 3.8) is 0 Å². The third kappa shape index (κ3) is 3.03. The monoisotopic (exact) mass is 434 g/mol. The molecule has 0 saturated carbocycles. The van der Waals surface area contributed by atoms with Crippen LogP contribution in [0.4, 0.5) is 5.69 Å². The van der Waals surface area contributed by atoms with Crippen molar-refractivity contribution in [2.24, 2.45) is 0 Å². The van der Waals surface area contributed by atoms with E-state index in [1.165, 1.54) is 16.1 Å². The van der Waals surface area contributed by atoms with Gasteiger partial charge in [-0.25, -0.2) is 0 Å². The van der Waals surface area contributed by atoms with Crippen molar-refractivity contribution >= 4 is 55.3 Å². The molecule has 0 aliphatic heterocycles. The van der Waals surface area contributed by atoms with Gasteiger partial charge in [-0.15, -0.1) is 0 Å². The van der Waals surface area contributed by atoms with Crippen molar-refractivity contribution in [1.29, 1.82) is 0 Å². The van der Waals surface area contributed by atoms with Crippen molar-refractivity contribution < 1.29 is 17.8 Å². The summed E-state index contributed by atoms with van der Waals surface area (Å²) < 4.78 is 34.1. The number of hydrogen-bond donors (Lipinski definition) is 2. The average molecular weight is 434 g/mol. The van der Waals surface area contributed by atoms with Gasteiger partial charge in [0.2, 0.25) is 5.91 Å². The van der Waals surface area contributed by atoms with Crippen LogP contribution in [0, 0.1) is 0 Å². The predicted molar refractivity (Wildman–Crippen MR) is 93.1 cm³/mol. The molecular weight excluding hydrogens is 419 g/mol. The van der Waals surface area contributed by atoms with Crippen LogP contribution in [0.2, 0.25) is 0 Å². The molecule has 8 heteroatoms. The molecule has 0 fully saturated rings. The topological polar surface area (TPSA) is 101 Å². The van der Waals surface area contributed by atoms with Gasteiger partial charge in [0, 0.05) is 12.3 Å².